The summed E-state index contributed by atoms with van der Waals surface area (Å²) in [5.74, 6) is 1.09. The van der Waals surface area contributed by atoms with Crippen LogP contribution in [0, 0.1) is 10.1 Å². The summed E-state index contributed by atoms with van der Waals surface area (Å²) in [6, 6.07) is 10.6. The third-order valence-corrected chi connectivity index (χ3v) is 2.76. The average Bonchev–Trinajstić information content (AvgIpc) is 2.47. The number of carbonyl (C=O) groups is 1. The summed E-state index contributed by atoms with van der Waals surface area (Å²) >= 11 is 0. The second-order valence-electron chi connectivity index (χ2n) is 4.40. The van der Waals surface area contributed by atoms with E-state index in [0.29, 0.717) is 22.9 Å². The van der Waals surface area contributed by atoms with Crippen molar-refractivity contribution >= 4 is 17.3 Å². The maximum Gasteiger partial charge on any atom is 0.269 e. The van der Waals surface area contributed by atoms with Gasteiger partial charge < -0.3 is 14.8 Å². The number of benzene rings is 2. The van der Waals surface area contributed by atoms with Crippen molar-refractivity contribution in [2.24, 2.45) is 0 Å². The van der Waals surface area contributed by atoms with Gasteiger partial charge in [-0.15, -0.1) is 0 Å². The molecule has 2 aromatic rings. The molecule has 0 saturated carbocycles. The molecule has 0 spiro atoms. The number of nitrogens with one attached hydrogen (secondary N) is 1. The highest BCUT2D eigenvalue weighted by Gasteiger charge is 2.10. The van der Waals surface area contributed by atoms with Crippen LogP contribution in [0.4, 0.5) is 11.4 Å². The van der Waals surface area contributed by atoms with E-state index in [1.807, 2.05) is 0 Å². The molecule has 0 bridgehead atoms. The van der Waals surface area contributed by atoms with E-state index in [4.69, 9.17) is 9.47 Å². The molecule has 0 heterocycles. The second kappa shape index (κ2) is 6.57. The van der Waals surface area contributed by atoms with Crippen molar-refractivity contribution < 1.29 is 19.2 Å². The Hall–Kier alpha value is -3.09. The number of methoxy groups -OCH3 is 1. The van der Waals surface area contributed by atoms with Crippen molar-refractivity contribution in [3.63, 3.8) is 0 Å². The lowest BCUT2D eigenvalue weighted by Gasteiger charge is -2.12. The SMILES string of the molecule is COc1ccc(NC(C)=O)cc1Oc1ccc([N+](=O)[O-])cc1. The molecule has 114 valence electrons. The van der Waals surface area contributed by atoms with Gasteiger partial charge in [0.05, 0.1) is 12.0 Å². The number of nitro groups is 1. The van der Waals surface area contributed by atoms with Crippen LogP contribution in [-0.2, 0) is 4.79 Å². The summed E-state index contributed by atoms with van der Waals surface area (Å²) in [5, 5.41) is 13.3. The fourth-order valence-electron chi connectivity index (χ4n) is 1.80. The van der Waals surface area contributed by atoms with E-state index in [9.17, 15) is 14.9 Å². The van der Waals surface area contributed by atoms with Crippen molar-refractivity contribution in [2.75, 3.05) is 12.4 Å². The zero-order chi connectivity index (χ0) is 16.1. The van der Waals surface area contributed by atoms with Gasteiger partial charge in [0.2, 0.25) is 5.91 Å². The lowest BCUT2D eigenvalue weighted by Crippen LogP contribution is -2.05. The fraction of sp³-hybridized carbons (Fsp3) is 0.133. The predicted molar refractivity (Wildman–Crippen MR) is 80.5 cm³/mol. The molecule has 0 aromatic heterocycles. The Labute approximate surface area is 126 Å². The molecule has 0 fully saturated rings. The Morgan fingerprint density at radius 2 is 1.82 bits per heavy atom. The maximum absolute atomic E-state index is 11.1. The first kappa shape index (κ1) is 15.3. The minimum absolute atomic E-state index is 0.0219. The molecule has 0 aliphatic carbocycles. The zero-order valence-electron chi connectivity index (χ0n) is 12.0. The first-order valence-electron chi connectivity index (χ1n) is 6.37. The predicted octanol–water partition coefficient (Wildman–Crippen LogP) is 3.35. The molecule has 7 heteroatoms. The van der Waals surface area contributed by atoms with Crippen LogP contribution in [0.5, 0.6) is 17.2 Å². The van der Waals surface area contributed by atoms with Gasteiger partial charge in [-0.2, -0.15) is 0 Å². The minimum Gasteiger partial charge on any atom is -0.493 e. The van der Waals surface area contributed by atoms with Crippen LogP contribution >= 0.6 is 0 Å². The van der Waals surface area contributed by atoms with Crippen LogP contribution < -0.4 is 14.8 Å². The van der Waals surface area contributed by atoms with Gasteiger partial charge in [-0.3, -0.25) is 14.9 Å². The van der Waals surface area contributed by atoms with Gasteiger partial charge in [0.1, 0.15) is 5.75 Å². The van der Waals surface area contributed by atoms with Crippen molar-refractivity contribution in [2.45, 2.75) is 6.92 Å². The van der Waals surface area contributed by atoms with Crippen LogP contribution in [-0.4, -0.2) is 17.9 Å². The molecule has 1 amide bonds. The highest BCUT2D eigenvalue weighted by atomic mass is 16.6. The molecule has 0 aliphatic heterocycles. The van der Waals surface area contributed by atoms with Crippen molar-refractivity contribution in [3.05, 3.63) is 52.6 Å². The van der Waals surface area contributed by atoms with Crippen LogP contribution in [0.15, 0.2) is 42.5 Å². The van der Waals surface area contributed by atoms with E-state index in [-0.39, 0.29) is 11.6 Å². The maximum atomic E-state index is 11.1. The number of ether oxygens (including phenoxy) is 2. The third kappa shape index (κ3) is 3.72. The number of nitrogens with zero attached hydrogens (tertiary/aromatic N) is 1. The van der Waals surface area contributed by atoms with Crippen LogP contribution in [0.2, 0.25) is 0 Å². The number of amides is 1. The standard InChI is InChI=1S/C15H14N2O5/c1-10(18)16-11-3-8-14(21-2)15(9-11)22-13-6-4-12(5-7-13)17(19)20/h3-9H,1-2H3,(H,16,18). The summed E-state index contributed by atoms with van der Waals surface area (Å²) in [6.45, 7) is 1.40. The molecule has 0 saturated heterocycles. The number of nitro benzene ring substituents is 1. The number of carbonyl (C=O) groups excluding carboxylic acids is 1. The highest BCUT2D eigenvalue weighted by molar-refractivity contribution is 5.89. The van der Waals surface area contributed by atoms with Gasteiger partial charge in [-0.1, -0.05) is 0 Å². The van der Waals surface area contributed by atoms with E-state index >= 15 is 0 Å². The van der Waals surface area contributed by atoms with E-state index in [2.05, 4.69) is 5.32 Å². The monoisotopic (exact) mass is 302 g/mol. The van der Waals surface area contributed by atoms with Gasteiger partial charge in [0.15, 0.2) is 11.5 Å². The Morgan fingerprint density at radius 1 is 1.14 bits per heavy atom. The number of hydrogen-bond donors (Lipinski definition) is 1. The molecular weight excluding hydrogens is 288 g/mol. The third-order valence-electron chi connectivity index (χ3n) is 2.76. The molecule has 7 nitrogen and oxygen atoms in total. The molecule has 0 radical (unpaired) electrons. The molecular formula is C15H14N2O5. The van der Waals surface area contributed by atoms with E-state index in [1.165, 1.54) is 38.3 Å². The quantitative estimate of drug-likeness (QED) is 0.675. The molecule has 1 N–H and O–H groups in total. The normalized spacial score (nSPS) is 9.91. The fourth-order valence-corrected chi connectivity index (χ4v) is 1.80. The van der Waals surface area contributed by atoms with Gasteiger partial charge in [0.25, 0.3) is 5.69 Å². The Kier molecular flexibility index (Phi) is 4.57. The summed E-state index contributed by atoms with van der Waals surface area (Å²) in [4.78, 5) is 21.2. The van der Waals surface area contributed by atoms with Gasteiger partial charge in [-0.05, 0) is 24.3 Å². The topological polar surface area (TPSA) is 90.7 Å². The van der Waals surface area contributed by atoms with Crippen LogP contribution in [0.25, 0.3) is 0 Å². The number of non-ortho nitro benzene ring substituents is 1. The number of rotatable bonds is 5. The van der Waals surface area contributed by atoms with Crippen molar-refractivity contribution in [1.29, 1.82) is 0 Å². The van der Waals surface area contributed by atoms with Gasteiger partial charge >= 0.3 is 0 Å². The Bertz CT molecular complexity index is 698. The highest BCUT2D eigenvalue weighted by Crippen LogP contribution is 2.34. The van der Waals surface area contributed by atoms with Crippen LogP contribution in [0.3, 0.4) is 0 Å². The molecule has 0 atom stereocenters. The molecule has 2 rings (SSSR count). The summed E-state index contributed by atoms with van der Waals surface area (Å²) < 4.78 is 10.9. The Balaban J connectivity index is 2.26. The average molecular weight is 302 g/mol. The summed E-state index contributed by atoms with van der Waals surface area (Å²) in [6.07, 6.45) is 0. The summed E-state index contributed by atoms with van der Waals surface area (Å²) in [7, 11) is 1.50. The summed E-state index contributed by atoms with van der Waals surface area (Å²) in [5.41, 5.74) is 0.538. The lowest BCUT2D eigenvalue weighted by molar-refractivity contribution is -0.384. The minimum atomic E-state index is -0.484. The van der Waals surface area contributed by atoms with E-state index < -0.39 is 4.92 Å². The Morgan fingerprint density at radius 3 is 2.36 bits per heavy atom. The van der Waals surface area contributed by atoms with E-state index in [1.54, 1.807) is 18.2 Å². The largest absolute Gasteiger partial charge is 0.493 e. The molecule has 22 heavy (non-hydrogen) atoms. The van der Waals surface area contributed by atoms with Crippen LogP contribution in [0.1, 0.15) is 6.92 Å². The molecule has 0 unspecified atom stereocenters. The second-order valence-corrected chi connectivity index (χ2v) is 4.40. The number of anilines is 1. The first-order chi connectivity index (χ1) is 10.5. The van der Waals surface area contributed by atoms with Gasteiger partial charge in [0, 0.05) is 30.8 Å². The van der Waals surface area contributed by atoms with E-state index in [0.717, 1.165) is 0 Å². The smallest absolute Gasteiger partial charge is 0.269 e. The van der Waals surface area contributed by atoms with Gasteiger partial charge in [-0.25, -0.2) is 0 Å². The molecule has 2 aromatic carbocycles. The van der Waals surface area contributed by atoms with Crippen molar-refractivity contribution in [1.82, 2.24) is 0 Å². The lowest BCUT2D eigenvalue weighted by atomic mass is 10.2. The van der Waals surface area contributed by atoms with Crippen molar-refractivity contribution in [3.8, 4) is 17.2 Å². The zero-order valence-corrected chi connectivity index (χ0v) is 12.0. The number of hydrogen-bond acceptors (Lipinski definition) is 5. The first-order valence-corrected chi connectivity index (χ1v) is 6.37. The molecule has 0 aliphatic rings.